The molecule has 0 aliphatic carbocycles. The van der Waals surface area contributed by atoms with E-state index < -0.39 is 47.2 Å². The van der Waals surface area contributed by atoms with Crippen molar-refractivity contribution in [3.8, 4) is 5.75 Å². The van der Waals surface area contributed by atoms with E-state index in [0.717, 1.165) is 19.3 Å². The molecule has 8 N–H and O–H groups in total. The molecular weight excluding hydrogens is 795 g/mol. The molecular formula is C47H79N5O8S. The van der Waals surface area contributed by atoms with Crippen molar-refractivity contribution >= 4 is 52.7 Å². The number of carbonyl (C=O) groups is 7. The number of nitrogens with one attached hydrogen (secondary N) is 3. The van der Waals surface area contributed by atoms with Gasteiger partial charge in [0.2, 0.25) is 23.6 Å². The van der Waals surface area contributed by atoms with Crippen molar-refractivity contribution in [1.82, 2.24) is 16.0 Å². The third-order valence-corrected chi connectivity index (χ3v) is 11.9. The predicted octanol–water partition coefficient (Wildman–Crippen LogP) is 6.64. The quantitative estimate of drug-likeness (QED) is 0.0387. The predicted molar refractivity (Wildman–Crippen MR) is 245 cm³/mol. The molecule has 0 heterocycles. The minimum atomic E-state index is -1.15. The topological polar surface area (TPSA) is 228 Å². The van der Waals surface area contributed by atoms with Crippen LogP contribution in [0.15, 0.2) is 24.3 Å². The normalized spacial score (nSPS) is 13.1. The van der Waals surface area contributed by atoms with Gasteiger partial charge in [-0.3, -0.25) is 33.6 Å². The van der Waals surface area contributed by atoms with Crippen molar-refractivity contribution in [3.63, 3.8) is 0 Å². The monoisotopic (exact) mass is 874 g/mol. The zero-order chi connectivity index (χ0) is 45.3. The average Bonchev–Trinajstić information content (AvgIpc) is 3.24. The van der Waals surface area contributed by atoms with Gasteiger partial charge in [0.15, 0.2) is 11.6 Å². The number of unbranched alkanes of at least 4 members (excludes halogenated alkanes) is 13. The fourth-order valence-corrected chi connectivity index (χ4v) is 8.01. The lowest BCUT2D eigenvalue weighted by atomic mass is 9.89. The van der Waals surface area contributed by atoms with E-state index in [2.05, 4.69) is 22.9 Å². The second kappa shape index (κ2) is 34.8. The molecule has 1 rings (SSSR count). The van der Waals surface area contributed by atoms with Crippen LogP contribution >= 0.6 is 11.8 Å². The minimum Gasteiger partial charge on any atom is -0.508 e. The van der Waals surface area contributed by atoms with Gasteiger partial charge in [-0.15, -0.1) is 0 Å². The molecule has 0 fully saturated rings. The summed E-state index contributed by atoms with van der Waals surface area (Å²) >= 11 is 1.58. The van der Waals surface area contributed by atoms with Crippen LogP contribution in [0.1, 0.15) is 160 Å². The molecule has 0 bridgehead atoms. The van der Waals surface area contributed by atoms with E-state index in [4.69, 9.17) is 11.5 Å². The molecule has 1 aromatic carbocycles. The van der Waals surface area contributed by atoms with Gasteiger partial charge in [-0.05, 0) is 74.8 Å². The Labute approximate surface area is 370 Å². The van der Waals surface area contributed by atoms with Gasteiger partial charge in [0.05, 0.1) is 12.6 Å². The highest BCUT2D eigenvalue weighted by atomic mass is 32.2. The zero-order valence-electron chi connectivity index (χ0n) is 37.6. The van der Waals surface area contributed by atoms with Gasteiger partial charge >= 0.3 is 0 Å². The molecule has 61 heavy (non-hydrogen) atoms. The van der Waals surface area contributed by atoms with Gasteiger partial charge < -0.3 is 32.5 Å². The summed E-state index contributed by atoms with van der Waals surface area (Å²) in [6.07, 6.45) is 19.8. The molecule has 0 spiro atoms. The lowest BCUT2D eigenvalue weighted by Crippen LogP contribution is -2.46. The lowest BCUT2D eigenvalue weighted by Gasteiger charge is -2.24. The number of ketones is 3. The van der Waals surface area contributed by atoms with E-state index >= 15 is 0 Å². The van der Waals surface area contributed by atoms with Gasteiger partial charge in [-0.2, -0.15) is 11.8 Å². The van der Waals surface area contributed by atoms with Gasteiger partial charge in [0, 0.05) is 56.9 Å². The molecule has 4 amide bonds. The Morgan fingerprint density at radius 3 is 1.79 bits per heavy atom. The highest BCUT2D eigenvalue weighted by Gasteiger charge is 2.31. The lowest BCUT2D eigenvalue weighted by molar-refractivity contribution is -0.134. The Bertz CT molecular complexity index is 1440. The van der Waals surface area contributed by atoms with Gasteiger partial charge in [0.25, 0.3) is 0 Å². The number of nitrogens with two attached hydrogens (primary N) is 2. The van der Waals surface area contributed by atoms with Crippen LogP contribution in [0.2, 0.25) is 0 Å². The number of hydrogen-bond acceptors (Lipinski definition) is 10. The molecule has 0 saturated heterocycles. The first-order chi connectivity index (χ1) is 29.3. The second-order valence-corrected chi connectivity index (χ2v) is 17.6. The molecule has 0 aromatic heterocycles. The third-order valence-electron chi connectivity index (χ3n) is 11.3. The molecule has 1 aromatic rings. The number of phenolic OH excluding ortho intramolecular Hbond substituents is 1. The SMILES string of the molecule is CCCCCCCCCCCCCCCC(=O)C[C@@H](CCSC)C(=O)NCC(=O)C[C@@H](Cc1ccc(O)cc1)C(=O)N[C@@H](CCC(N)=O)C(=O)C[C@@H](CCCCN)C(=O)NC. The van der Waals surface area contributed by atoms with Crippen LogP contribution in [-0.2, 0) is 40.0 Å². The fraction of sp³-hybridized carbons (Fsp3) is 0.723. The summed E-state index contributed by atoms with van der Waals surface area (Å²) in [5.41, 5.74) is 11.7. The summed E-state index contributed by atoms with van der Waals surface area (Å²) < 4.78 is 0. The number of benzene rings is 1. The molecule has 346 valence electrons. The maximum Gasteiger partial charge on any atom is 0.224 e. The van der Waals surface area contributed by atoms with E-state index in [1.54, 1.807) is 23.9 Å². The molecule has 0 unspecified atom stereocenters. The van der Waals surface area contributed by atoms with E-state index in [-0.39, 0.29) is 68.4 Å². The first-order valence-electron chi connectivity index (χ1n) is 23.0. The summed E-state index contributed by atoms with van der Waals surface area (Å²) in [6.45, 7) is 2.33. The van der Waals surface area contributed by atoms with Crippen LogP contribution in [0.25, 0.3) is 0 Å². The summed E-state index contributed by atoms with van der Waals surface area (Å²) in [6, 6.07) is 5.03. The Hall–Kier alpha value is -3.78. The van der Waals surface area contributed by atoms with Crippen LogP contribution < -0.4 is 27.4 Å². The molecule has 4 atom stereocenters. The number of Topliss-reactive ketones (excluding diaryl/α,β-unsaturated/α-hetero) is 3. The number of primary amides is 1. The van der Waals surface area contributed by atoms with Crippen LogP contribution in [0.4, 0.5) is 0 Å². The standard InChI is InChI=1S/C47H79N5O8S/c1-4-5-6-7-8-9-10-11-12-13-14-15-16-20-40(54)31-37(27-29-61-3)46(59)51-34-41(55)32-38(30-35-21-23-39(53)24-22-35)47(60)52-42(25-26-44(49)57)43(56)33-36(45(58)50-2)19-17-18-28-48/h21-24,36-38,42,53H,4-20,25-34,48H2,1-3H3,(H2,49,57)(H,50,58)(H,51,59)(H,52,60)/t36-,37-,38-,42+/m1/s1. The van der Waals surface area contributed by atoms with Gasteiger partial charge in [-0.25, -0.2) is 0 Å². The van der Waals surface area contributed by atoms with Crippen LogP contribution in [0, 0.1) is 17.8 Å². The highest BCUT2D eigenvalue weighted by Crippen LogP contribution is 2.21. The minimum absolute atomic E-state index is 0.0247. The number of aromatic hydroxyl groups is 1. The van der Waals surface area contributed by atoms with Crippen LogP contribution in [-0.4, -0.2) is 84.3 Å². The first-order valence-corrected chi connectivity index (χ1v) is 24.3. The Morgan fingerprint density at radius 1 is 0.656 bits per heavy atom. The molecule has 14 heteroatoms. The molecule has 0 radical (unpaired) electrons. The Kier molecular flexibility index (Phi) is 31.5. The number of hydrogen-bond donors (Lipinski definition) is 6. The molecule has 0 aliphatic rings. The summed E-state index contributed by atoms with van der Waals surface area (Å²) in [5, 5.41) is 17.9. The zero-order valence-corrected chi connectivity index (χ0v) is 38.4. The van der Waals surface area contributed by atoms with Crippen molar-refractivity contribution in [2.45, 2.75) is 167 Å². The van der Waals surface area contributed by atoms with E-state index in [0.29, 0.717) is 50.0 Å². The van der Waals surface area contributed by atoms with Gasteiger partial charge in [0.1, 0.15) is 11.5 Å². The molecule has 0 aliphatic heterocycles. The Morgan fingerprint density at radius 2 is 1.23 bits per heavy atom. The van der Waals surface area contributed by atoms with E-state index in [1.165, 1.54) is 83.4 Å². The first kappa shape index (κ1) is 55.2. The Balaban J connectivity index is 2.88. The molecule has 13 nitrogen and oxygen atoms in total. The second-order valence-electron chi connectivity index (χ2n) is 16.6. The maximum absolute atomic E-state index is 13.9. The molecule has 0 saturated carbocycles. The van der Waals surface area contributed by atoms with Crippen molar-refractivity contribution in [3.05, 3.63) is 29.8 Å². The van der Waals surface area contributed by atoms with E-state index in [1.807, 2.05) is 6.26 Å². The highest BCUT2D eigenvalue weighted by molar-refractivity contribution is 7.98. The van der Waals surface area contributed by atoms with Crippen LogP contribution in [0.5, 0.6) is 5.75 Å². The fourth-order valence-electron chi connectivity index (χ4n) is 7.49. The van der Waals surface area contributed by atoms with Crippen molar-refractivity contribution in [2.24, 2.45) is 29.2 Å². The number of rotatable bonds is 39. The summed E-state index contributed by atoms with van der Waals surface area (Å²) in [5.74, 6) is -4.32. The summed E-state index contributed by atoms with van der Waals surface area (Å²) in [4.78, 5) is 91.7. The number of carbonyl (C=O) groups excluding carboxylic acids is 7. The summed E-state index contributed by atoms with van der Waals surface area (Å²) in [7, 11) is 1.48. The van der Waals surface area contributed by atoms with Gasteiger partial charge in [-0.1, -0.05) is 103 Å². The van der Waals surface area contributed by atoms with Crippen molar-refractivity contribution in [2.75, 3.05) is 32.1 Å². The average molecular weight is 874 g/mol. The number of amides is 4. The largest absolute Gasteiger partial charge is 0.508 e. The number of thioether (sulfide) groups is 1. The number of phenols is 1. The maximum atomic E-state index is 13.9. The van der Waals surface area contributed by atoms with Crippen LogP contribution in [0.3, 0.4) is 0 Å². The van der Waals surface area contributed by atoms with E-state index in [9.17, 15) is 38.7 Å². The smallest absolute Gasteiger partial charge is 0.224 e. The van der Waals surface area contributed by atoms with Crippen molar-refractivity contribution in [1.29, 1.82) is 0 Å². The third kappa shape index (κ3) is 27.0. The van der Waals surface area contributed by atoms with Crippen molar-refractivity contribution < 1.29 is 38.7 Å².